The molecule has 1 saturated heterocycles. The lowest BCUT2D eigenvalue weighted by atomic mass is 10.0. The summed E-state index contributed by atoms with van der Waals surface area (Å²) in [6.07, 6.45) is 0.464. The van der Waals surface area contributed by atoms with Gasteiger partial charge in [-0.15, -0.1) is 0 Å². The van der Waals surface area contributed by atoms with Gasteiger partial charge in [0.2, 0.25) is 5.91 Å². The second kappa shape index (κ2) is 7.53. The number of benzene rings is 2. The van der Waals surface area contributed by atoms with E-state index in [2.05, 4.69) is 34.3 Å². The summed E-state index contributed by atoms with van der Waals surface area (Å²) < 4.78 is 5.26. The Labute approximate surface area is 159 Å². The highest BCUT2D eigenvalue weighted by molar-refractivity contribution is 5.90. The number of carbonyl (C=O) groups is 1. The van der Waals surface area contributed by atoms with Crippen LogP contribution < -0.4 is 0 Å². The standard InChI is InChI=1S/C22H25N3O2/c1-16-21(17(2)27-23-16)15-24-10-12-25(13-11-24)22(26)14-19-8-5-7-18-6-3-4-9-20(18)19/h3-9H,10-15H2,1-2H3. The number of rotatable bonds is 4. The number of piperazine rings is 1. The smallest absolute Gasteiger partial charge is 0.227 e. The highest BCUT2D eigenvalue weighted by Gasteiger charge is 2.23. The Morgan fingerprint density at radius 2 is 1.78 bits per heavy atom. The molecular weight excluding hydrogens is 338 g/mol. The van der Waals surface area contributed by atoms with Crippen molar-refractivity contribution in [1.29, 1.82) is 0 Å². The van der Waals surface area contributed by atoms with Crippen LogP contribution in [0, 0.1) is 13.8 Å². The largest absolute Gasteiger partial charge is 0.361 e. The Bertz CT molecular complexity index is 930. The molecular formula is C22H25N3O2. The molecule has 0 N–H and O–H groups in total. The highest BCUT2D eigenvalue weighted by Crippen LogP contribution is 2.20. The van der Waals surface area contributed by atoms with Gasteiger partial charge in [-0.2, -0.15) is 0 Å². The van der Waals surface area contributed by atoms with Crippen LogP contribution in [0.15, 0.2) is 47.0 Å². The Hall–Kier alpha value is -2.66. The first kappa shape index (κ1) is 17.7. The van der Waals surface area contributed by atoms with E-state index in [4.69, 9.17) is 4.52 Å². The third-order valence-corrected chi connectivity index (χ3v) is 5.51. The van der Waals surface area contributed by atoms with E-state index in [9.17, 15) is 4.79 Å². The quantitative estimate of drug-likeness (QED) is 0.713. The lowest BCUT2D eigenvalue weighted by molar-refractivity contribution is -0.132. The number of carbonyl (C=O) groups excluding carboxylic acids is 1. The predicted octanol–water partition coefficient (Wildman–Crippen LogP) is 3.33. The molecule has 1 aromatic heterocycles. The van der Waals surface area contributed by atoms with Crippen LogP contribution in [0.25, 0.3) is 10.8 Å². The molecule has 3 aromatic rings. The molecule has 1 aliphatic heterocycles. The third kappa shape index (κ3) is 3.74. The van der Waals surface area contributed by atoms with E-state index >= 15 is 0 Å². The van der Waals surface area contributed by atoms with Gasteiger partial charge in [0, 0.05) is 38.3 Å². The predicted molar refractivity (Wildman–Crippen MR) is 105 cm³/mol. The first-order valence-corrected chi connectivity index (χ1v) is 9.50. The van der Waals surface area contributed by atoms with Gasteiger partial charge in [-0.05, 0) is 30.2 Å². The molecule has 5 heteroatoms. The van der Waals surface area contributed by atoms with Gasteiger partial charge in [0.1, 0.15) is 5.76 Å². The fourth-order valence-corrected chi connectivity index (χ4v) is 3.83. The fraction of sp³-hybridized carbons (Fsp3) is 0.364. The molecule has 0 bridgehead atoms. The summed E-state index contributed by atoms with van der Waals surface area (Å²) in [6, 6.07) is 14.4. The number of amides is 1. The Morgan fingerprint density at radius 1 is 1.04 bits per heavy atom. The average Bonchev–Trinajstić information content (AvgIpc) is 3.01. The van der Waals surface area contributed by atoms with Crippen LogP contribution in [-0.2, 0) is 17.8 Å². The van der Waals surface area contributed by atoms with E-state index in [1.54, 1.807) is 0 Å². The van der Waals surface area contributed by atoms with Crippen molar-refractivity contribution in [2.75, 3.05) is 26.2 Å². The first-order valence-electron chi connectivity index (χ1n) is 9.50. The number of nitrogens with zero attached hydrogens (tertiary/aromatic N) is 3. The summed E-state index contributed by atoms with van der Waals surface area (Å²) in [4.78, 5) is 17.2. The van der Waals surface area contributed by atoms with Gasteiger partial charge in [-0.25, -0.2) is 0 Å². The van der Waals surface area contributed by atoms with E-state index in [0.717, 1.165) is 49.7 Å². The third-order valence-electron chi connectivity index (χ3n) is 5.51. The maximum Gasteiger partial charge on any atom is 0.227 e. The summed E-state index contributed by atoms with van der Waals surface area (Å²) in [7, 11) is 0. The molecule has 2 aromatic carbocycles. The van der Waals surface area contributed by atoms with E-state index in [-0.39, 0.29) is 5.91 Å². The van der Waals surface area contributed by atoms with Crippen molar-refractivity contribution in [2.45, 2.75) is 26.8 Å². The molecule has 27 heavy (non-hydrogen) atoms. The zero-order valence-corrected chi connectivity index (χ0v) is 15.9. The van der Waals surface area contributed by atoms with Gasteiger partial charge in [-0.3, -0.25) is 9.69 Å². The van der Waals surface area contributed by atoms with Crippen molar-refractivity contribution in [2.24, 2.45) is 0 Å². The molecule has 0 unspecified atom stereocenters. The average molecular weight is 363 g/mol. The van der Waals surface area contributed by atoms with E-state index in [0.29, 0.717) is 6.42 Å². The van der Waals surface area contributed by atoms with E-state index in [1.807, 2.05) is 36.9 Å². The van der Waals surface area contributed by atoms with Crippen LogP contribution in [0.2, 0.25) is 0 Å². The molecule has 0 saturated carbocycles. The Morgan fingerprint density at radius 3 is 2.52 bits per heavy atom. The molecule has 0 aliphatic carbocycles. The number of aromatic nitrogens is 1. The van der Waals surface area contributed by atoms with Crippen molar-refractivity contribution in [3.05, 3.63) is 65.0 Å². The zero-order valence-electron chi connectivity index (χ0n) is 15.9. The summed E-state index contributed by atoms with van der Waals surface area (Å²) >= 11 is 0. The molecule has 1 amide bonds. The Balaban J connectivity index is 1.37. The topological polar surface area (TPSA) is 49.6 Å². The minimum absolute atomic E-state index is 0.211. The molecule has 1 fully saturated rings. The van der Waals surface area contributed by atoms with Crippen LogP contribution in [0.5, 0.6) is 0 Å². The zero-order chi connectivity index (χ0) is 18.8. The van der Waals surface area contributed by atoms with Crippen LogP contribution >= 0.6 is 0 Å². The molecule has 2 heterocycles. The van der Waals surface area contributed by atoms with Gasteiger partial charge in [0.25, 0.3) is 0 Å². The number of hydrogen-bond acceptors (Lipinski definition) is 4. The molecule has 0 atom stereocenters. The molecule has 1 aliphatic rings. The Kier molecular flexibility index (Phi) is 4.94. The lowest BCUT2D eigenvalue weighted by Crippen LogP contribution is -2.48. The van der Waals surface area contributed by atoms with Crippen LogP contribution in [0.1, 0.15) is 22.6 Å². The molecule has 140 valence electrons. The van der Waals surface area contributed by atoms with Gasteiger partial charge >= 0.3 is 0 Å². The molecule has 0 spiro atoms. The second-order valence-corrected chi connectivity index (χ2v) is 7.27. The van der Waals surface area contributed by atoms with Crippen molar-refractivity contribution in [1.82, 2.24) is 15.0 Å². The number of fused-ring (bicyclic) bond motifs is 1. The first-order chi connectivity index (χ1) is 13.1. The van der Waals surface area contributed by atoms with Gasteiger partial charge < -0.3 is 9.42 Å². The monoisotopic (exact) mass is 363 g/mol. The van der Waals surface area contributed by atoms with E-state index < -0.39 is 0 Å². The summed E-state index contributed by atoms with van der Waals surface area (Å²) in [5.41, 5.74) is 3.24. The minimum atomic E-state index is 0.211. The minimum Gasteiger partial charge on any atom is -0.361 e. The van der Waals surface area contributed by atoms with Crippen molar-refractivity contribution in [3.8, 4) is 0 Å². The van der Waals surface area contributed by atoms with Crippen LogP contribution in [0.4, 0.5) is 0 Å². The summed E-state index contributed by atoms with van der Waals surface area (Å²) in [5, 5.41) is 6.39. The maximum absolute atomic E-state index is 12.8. The molecule has 5 nitrogen and oxygen atoms in total. The van der Waals surface area contributed by atoms with E-state index in [1.165, 1.54) is 16.3 Å². The molecule has 0 radical (unpaired) electrons. The van der Waals surface area contributed by atoms with Crippen molar-refractivity contribution in [3.63, 3.8) is 0 Å². The molecule has 4 rings (SSSR count). The number of hydrogen-bond donors (Lipinski definition) is 0. The van der Waals surface area contributed by atoms with Crippen LogP contribution in [0.3, 0.4) is 0 Å². The second-order valence-electron chi connectivity index (χ2n) is 7.27. The van der Waals surface area contributed by atoms with Crippen molar-refractivity contribution < 1.29 is 9.32 Å². The highest BCUT2D eigenvalue weighted by atomic mass is 16.5. The SMILES string of the molecule is Cc1noc(C)c1CN1CCN(C(=O)Cc2cccc3ccccc23)CC1. The summed E-state index contributed by atoms with van der Waals surface area (Å²) in [5.74, 6) is 1.10. The van der Waals surface area contributed by atoms with Crippen molar-refractivity contribution >= 4 is 16.7 Å². The van der Waals surface area contributed by atoms with Crippen LogP contribution in [-0.4, -0.2) is 47.0 Å². The normalized spacial score (nSPS) is 15.4. The summed E-state index contributed by atoms with van der Waals surface area (Å²) in [6.45, 7) is 8.08. The van der Waals surface area contributed by atoms with Gasteiger partial charge in [0.05, 0.1) is 12.1 Å². The maximum atomic E-state index is 12.8. The fourth-order valence-electron chi connectivity index (χ4n) is 3.83. The van der Waals surface area contributed by atoms with Gasteiger partial charge in [-0.1, -0.05) is 47.6 Å². The lowest BCUT2D eigenvalue weighted by Gasteiger charge is -2.34. The van der Waals surface area contributed by atoms with Gasteiger partial charge in [0.15, 0.2) is 0 Å². The number of aryl methyl sites for hydroxylation is 2.